The van der Waals surface area contributed by atoms with Crippen molar-refractivity contribution in [2.75, 3.05) is 20.6 Å². The highest BCUT2D eigenvalue weighted by molar-refractivity contribution is 7.59. The van der Waals surface area contributed by atoms with Crippen molar-refractivity contribution >= 4 is 19.6 Å². The minimum Gasteiger partial charge on any atom is -0.410 e. The molecule has 1 atom stereocenters. The molecule has 5 nitrogen and oxygen atoms in total. The maximum absolute atomic E-state index is 11.5. The number of hydrogen-bond donors (Lipinski definition) is 1. The number of carbonyl (C=O) groups is 1. The summed E-state index contributed by atoms with van der Waals surface area (Å²) < 4.78 is 5.21. The van der Waals surface area contributed by atoms with Crippen molar-refractivity contribution in [2.45, 2.75) is 52.2 Å². The molecule has 1 aromatic carbocycles. The third-order valence-corrected chi connectivity index (χ3v) is 3.76. The van der Waals surface area contributed by atoms with Gasteiger partial charge in [-0.05, 0) is 51.8 Å². The molecule has 1 amide bonds. The molecule has 0 spiro atoms. The van der Waals surface area contributed by atoms with E-state index in [0.717, 1.165) is 18.5 Å². The predicted octanol–water partition coefficient (Wildman–Crippen LogP) is 2.85. The molecule has 24 heavy (non-hydrogen) atoms. The summed E-state index contributed by atoms with van der Waals surface area (Å²) in [5, 5.41) is 0. The van der Waals surface area contributed by atoms with Crippen molar-refractivity contribution < 1.29 is 9.53 Å². The normalized spacial score (nSPS) is 12.2. The molecule has 2 N–H and O–H groups in total. The minimum atomic E-state index is -0.376. The van der Waals surface area contributed by atoms with Crippen LogP contribution in [0.25, 0.3) is 0 Å². The quantitative estimate of drug-likeness (QED) is 0.817. The molecule has 0 heterocycles. The summed E-state index contributed by atoms with van der Waals surface area (Å²) >= 11 is 0. The van der Waals surface area contributed by atoms with Gasteiger partial charge in [0.05, 0.1) is 0 Å². The maximum atomic E-state index is 11.5. The highest BCUT2D eigenvalue weighted by Crippen LogP contribution is 2.15. The Hall–Kier alpha value is -1.24. The van der Waals surface area contributed by atoms with Gasteiger partial charge in [0.25, 0.3) is 0 Å². The fraction of sp³-hybridized carbons (Fsp3) is 0.611. The Morgan fingerprint density at radius 1 is 1.08 bits per heavy atom. The lowest BCUT2D eigenvalue weighted by Crippen LogP contribution is -2.45. The van der Waals surface area contributed by atoms with Crippen LogP contribution >= 0.6 is 13.5 Å². The standard InChI is InChI=1S/C18H31N3O2.H2S/c1-13(2)21(14(3)4)12-16(19)11-15-7-9-17(10-8-15)23-18(22)20(5)6;/h7-10,13-14,16H,11-12,19H2,1-6H3;1H2/t16-;/m0./s1. The van der Waals surface area contributed by atoms with Gasteiger partial charge in [0.2, 0.25) is 0 Å². The molecule has 6 heteroatoms. The van der Waals surface area contributed by atoms with Crippen LogP contribution in [-0.4, -0.2) is 54.7 Å². The fourth-order valence-electron chi connectivity index (χ4n) is 2.54. The highest BCUT2D eigenvalue weighted by Gasteiger charge is 2.17. The number of benzene rings is 1. The Bertz CT molecular complexity index is 482. The van der Waals surface area contributed by atoms with Gasteiger partial charge < -0.3 is 15.4 Å². The van der Waals surface area contributed by atoms with E-state index in [1.807, 2.05) is 24.3 Å². The number of amides is 1. The lowest BCUT2D eigenvalue weighted by molar-refractivity contribution is 0.164. The number of nitrogens with zero attached hydrogens (tertiary/aromatic N) is 2. The van der Waals surface area contributed by atoms with Crippen LogP contribution in [0.4, 0.5) is 4.79 Å². The van der Waals surface area contributed by atoms with Crippen molar-refractivity contribution in [3.63, 3.8) is 0 Å². The second kappa shape index (κ2) is 10.6. The monoisotopic (exact) mass is 355 g/mol. The second-order valence-electron chi connectivity index (χ2n) is 6.75. The molecule has 0 unspecified atom stereocenters. The predicted molar refractivity (Wildman–Crippen MR) is 105 cm³/mol. The summed E-state index contributed by atoms with van der Waals surface area (Å²) in [5.74, 6) is 0.548. The van der Waals surface area contributed by atoms with Crippen molar-refractivity contribution in [1.29, 1.82) is 0 Å². The highest BCUT2D eigenvalue weighted by atomic mass is 32.1. The molecule has 0 saturated carbocycles. The number of ether oxygens (including phenoxy) is 1. The first-order valence-electron chi connectivity index (χ1n) is 8.20. The summed E-state index contributed by atoms with van der Waals surface area (Å²) in [6.07, 6.45) is 0.427. The molecule has 0 saturated heterocycles. The molecule has 1 rings (SSSR count). The Balaban J connectivity index is 0.00000529. The van der Waals surface area contributed by atoms with Crippen LogP contribution in [0.5, 0.6) is 5.75 Å². The van der Waals surface area contributed by atoms with Crippen molar-refractivity contribution in [3.8, 4) is 5.75 Å². The summed E-state index contributed by atoms with van der Waals surface area (Å²) in [7, 11) is 3.32. The van der Waals surface area contributed by atoms with Gasteiger partial charge in [-0.15, -0.1) is 0 Å². The number of rotatable bonds is 7. The van der Waals surface area contributed by atoms with E-state index >= 15 is 0 Å². The third-order valence-electron chi connectivity index (χ3n) is 3.76. The molecule has 138 valence electrons. The maximum Gasteiger partial charge on any atom is 0.414 e. The first kappa shape index (κ1) is 22.8. The summed E-state index contributed by atoms with van der Waals surface area (Å²) in [6.45, 7) is 9.65. The molecule has 0 aliphatic carbocycles. The van der Waals surface area contributed by atoms with E-state index in [-0.39, 0.29) is 25.6 Å². The van der Waals surface area contributed by atoms with Gasteiger partial charge in [-0.25, -0.2) is 4.79 Å². The van der Waals surface area contributed by atoms with E-state index in [9.17, 15) is 4.79 Å². The molecule has 0 aromatic heterocycles. The van der Waals surface area contributed by atoms with Gasteiger partial charge in [0, 0.05) is 38.8 Å². The van der Waals surface area contributed by atoms with Gasteiger partial charge >= 0.3 is 6.09 Å². The Morgan fingerprint density at radius 2 is 1.58 bits per heavy atom. The Kier molecular flexibility index (Phi) is 10.0. The van der Waals surface area contributed by atoms with Crippen molar-refractivity contribution in [2.24, 2.45) is 5.73 Å². The number of nitrogens with two attached hydrogens (primary N) is 1. The lowest BCUT2D eigenvalue weighted by Gasteiger charge is -2.32. The van der Waals surface area contributed by atoms with Gasteiger partial charge in [-0.2, -0.15) is 13.5 Å². The van der Waals surface area contributed by atoms with Crippen molar-refractivity contribution in [1.82, 2.24) is 9.80 Å². The van der Waals surface area contributed by atoms with E-state index < -0.39 is 0 Å². The van der Waals surface area contributed by atoms with E-state index in [4.69, 9.17) is 10.5 Å². The van der Waals surface area contributed by atoms with Crippen LogP contribution in [0.2, 0.25) is 0 Å². The van der Waals surface area contributed by atoms with Crippen LogP contribution in [0, 0.1) is 0 Å². The average molecular weight is 356 g/mol. The second-order valence-corrected chi connectivity index (χ2v) is 6.75. The van der Waals surface area contributed by atoms with E-state index in [0.29, 0.717) is 17.8 Å². The Morgan fingerprint density at radius 3 is 2.00 bits per heavy atom. The van der Waals surface area contributed by atoms with Crippen LogP contribution in [0.15, 0.2) is 24.3 Å². The van der Waals surface area contributed by atoms with Gasteiger partial charge in [0.1, 0.15) is 5.75 Å². The molecule has 0 aliphatic heterocycles. The average Bonchev–Trinajstić information content (AvgIpc) is 2.46. The van der Waals surface area contributed by atoms with Gasteiger partial charge in [0.15, 0.2) is 0 Å². The van der Waals surface area contributed by atoms with E-state index in [1.165, 1.54) is 4.90 Å². The van der Waals surface area contributed by atoms with Crippen molar-refractivity contribution in [3.05, 3.63) is 29.8 Å². The number of hydrogen-bond acceptors (Lipinski definition) is 4. The minimum absolute atomic E-state index is 0. The first-order valence-corrected chi connectivity index (χ1v) is 8.20. The molecule has 0 aliphatic rings. The summed E-state index contributed by atoms with van der Waals surface area (Å²) in [4.78, 5) is 15.3. The Labute approximate surface area is 153 Å². The van der Waals surface area contributed by atoms with Crippen LogP contribution in [0.1, 0.15) is 33.3 Å². The molecular formula is C18H33N3O2S. The smallest absolute Gasteiger partial charge is 0.410 e. The number of carbonyl (C=O) groups excluding carboxylic acids is 1. The molecular weight excluding hydrogens is 322 g/mol. The first-order chi connectivity index (χ1) is 10.7. The van der Waals surface area contributed by atoms with Crippen LogP contribution in [-0.2, 0) is 6.42 Å². The largest absolute Gasteiger partial charge is 0.414 e. The molecule has 0 bridgehead atoms. The summed E-state index contributed by atoms with van der Waals surface area (Å²) in [5.41, 5.74) is 7.45. The zero-order chi connectivity index (χ0) is 17.6. The zero-order valence-electron chi connectivity index (χ0n) is 15.7. The third kappa shape index (κ3) is 7.55. The molecule has 1 aromatic rings. The molecule has 0 fully saturated rings. The lowest BCUT2D eigenvalue weighted by atomic mass is 10.0. The zero-order valence-corrected chi connectivity index (χ0v) is 16.7. The SMILES string of the molecule is CC(C)N(C[C@@H](N)Cc1ccc(OC(=O)N(C)C)cc1)C(C)C.S. The van der Waals surface area contributed by atoms with Crippen LogP contribution < -0.4 is 10.5 Å². The van der Waals surface area contributed by atoms with Gasteiger partial charge in [-0.3, -0.25) is 4.90 Å². The van der Waals surface area contributed by atoms with E-state index in [2.05, 4.69) is 32.6 Å². The van der Waals surface area contributed by atoms with E-state index in [1.54, 1.807) is 14.1 Å². The fourth-order valence-corrected chi connectivity index (χ4v) is 2.54. The van der Waals surface area contributed by atoms with Gasteiger partial charge in [-0.1, -0.05) is 12.1 Å². The van der Waals surface area contributed by atoms with Crippen LogP contribution in [0.3, 0.4) is 0 Å². The molecule has 0 radical (unpaired) electrons. The topological polar surface area (TPSA) is 58.8 Å². The summed E-state index contributed by atoms with van der Waals surface area (Å²) in [6, 6.07) is 8.59.